The Bertz CT molecular complexity index is 540. The second-order valence-corrected chi connectivity index (χ2v) is 5.10. The van der Waals surface area contributed by atoms with Crippen LogP contribution in [0.25, 0.3) is 0 Å². The van der Waals surface area contributed by atoms with Gasteiger partial charge in [0.15, 0.2) is 5.13 Å². The van der Waals surface area contributed by atoms with Gasteiger partial charge in [-0.15, -0.1) is 11.3 Å². The zero-order chi connectivity index (χ0) is 14.4. The number of carbonyl (C=O) groups is 1. The highest BCUT2D eigenvalue weighted by Gasteiger charge is 2.10. The Hall–Kier alpha value is -2.08. The summed E-state index contributed by atoms with van der Waals surface area (Å²) in [5.74, 6) is 0.839. The second-order valence-electron chi connectivity index (χ2n) is 4.20. The van der Waals surface area contributed by atoms with Gasteiger partial charge in [0.1, 0.15) is 5.75 Å². The molecule has 1 aromatic heterocycles. The fourth-order valence-electron chi connectivity index (χ4n) is 1.68. The largest absolute Gasteiger partial charge is 0.494 e. The average molecular weight is 291 g/mol. The molecule has 0 aliphatic heterocycles. The van der Waals surface area contributed by atoms with Crippen LogP contribution in [0, 0.1) is 0 Å². The highest BCUT2D eigenvalue weighted by molar-refractivity contribution is 7.13. The molecule has 0 spiro atoms. The molecule has 0 radical (unpaired) electrons. The van der Waals surface area contributed by atoms with E-state index in [4.69, 9.17) is 4.74 Å². The molecule has 6 heteroatoms. The van der Waals surface area contributed by atoms with Crippen LogP contribution < -0.4 is 10.1 Å². The van der Waals surface area contributed by atoms with Crippen molar-refractivity contribution in [3.05, 3.63) is 41.4 Å². The minimum atomic E-state index is -0.172. The van der Waals surface area contributed by atoms with Gasteiger partial charge in [-0.1, -0.05) is 12.1 Å². The molecule has 0 saturated heterocycles. The maximum atomic E-state index is 11.9. The average Bonchev–Trinajstić information content (AvgIpc) is 2.94. The number of hydrogen-bond acceptors (Lipinski definition) is 4. The lowest BCUT2D eigenvalue weighted by Gasteiger charge is -2.17. The quantitative estimate of drug-likeness (QED) is 0.920. The van der Waals surface area contributed by atoms with Gasteiger partial charge < -0.3 is 9.64 Å². The third kappa shape index (κ3) is 3.96. The highest BCUT2D eigenvalue weighted by atomic mass is 32.1. The van der Waals surface area contributed by atoms with Gasteiger partial charge in [-0.25, -0.2) is 9.78 Å². The lowest BCUT2D eigenvalue weighted by atomic mass is 10.2. The molecular weight excluding hydrogens is 274 g/mol. The summed E-state index contributed by atoms with van der Waals surface area (Å²) in [6, 6.07) is 7.56. The van der Waals surface area contributed by atoms with Crippen molar-refractivity contribution in [3.8, 4) is 5.75 Å². The molecule has 106 valence electrons. The topological polar surface area (TPSA) is 54.5 Å². The van der Waals surface area contributed by atoms with E-state index in [0.717, 1.165) is 11.3 Å². The number of nitrogens with one attached hydrogen (secondary N) is 1. The predicted octanol–water partition coefficient (Wildman–Crippen LogP) is 3.21. The Balaban J connectivity index is 1.89. The zero-order valence-corrected chi connectivity index (χ0v) is 12.3. The summed E-state index contributed by atoms with van der Waals surface area (Å²) in [6.07, 6.45) is 1.66. The van der Waals surface area contributed by atoms with Crippen molar-refractivity contribution >= 4 is 22.5 Å². The van der Waals surface area contributed by atoms with Crippen LogP contribution in [-0.2, 0) is 6.54 Å². The van der Waals surface area contributed by atoms with E-state index in [0.29, 0.717) is 18.3 Å². The molecule has 5 nitrogen and oxygen atoms in total. The zero-order valence-electron chi connectivity index (χ0n) is 11.5. The maximum Gasteiger partial charge on any atom is 0.323 e. The summed E-state index contributed by atoms with van der Waals surface area (Å²) in [7, 11) is 1.75. The summed E-state index contributed by atoms with van der Waals surface area (Å²) in [5.41, 5.74) is 1.05. The van der Waals surface area contributed by atoms with Crippen LogP contribution in [0.15, 0.2) is 35.8 Å². The van der Waals surface area contributed by atoms with E-state index < -0.39 is 0 Å². The number of amides is 2. The van der Waals surface area contributed by atoms with E-state index in [1.165, 1.54) is 11.3 Å². The van der Waals surface area contributed by atoms with Gasteiger partial charge in [-0.3, -0.25) is 5.32 Å². The first-order valence-corrected chi connectivity index (χ1v) is 7.20. The Morgan fingerprint density at radius 3 is 2.75 bits per heavy atom. The summed E-state index contributed by atoms with van der Waals surface area (Å²) < 4.78 is 5.38. The molecule has 0 aliphatic carbocycles. The van der Waals surface area contributed by atoms with Crippen LogP contribution in [0.1, 0.15) is 12.5 Å². The molecule has 1 N–H and O–H groups in total. The highest BCUT2D eigenvalue weighted by Crippen LogP contribution is 2.14. The molecule has 2 aromatic rings. The Labute approximate surface area is 122 Å². The van der Waals surface area contributed by atoms with Crippen LogP contribution in [0.5, 0.6) is 5.75 Å². The summed E-state index contributed by atoms with van der Waals surface area (Å²) >= 11 is 1.40. The fourth-order valence-corrected chi connectivity index (χ4v) is 2.19. The van der Waals surface area contributed by atoms with Crippen molar-refractivity contribution in [3.63, 3.8) is 0 Å². The number of anilines is 1. The molecule has 0 bridgehead atoms. The molecule has 0 atom stereocenters. The SMILES string of the molecule is CCOc1ccc(CN(C)C(=O)Nc2nccs2)cc1. The molecule has 2 amide bonds. The Kier molecular flexibility index (Phi) is 4.95. The third-order valence-electron chi connectivity index (χ3n) is 2.65. The first kappa shape index (κ1) is 14.3. The van der Waals surface area contributed by atoms with E-state index in [1.54, 1.807) is 18.1 Å². The van der Waals surface area contributed by atoms with Crippen LogP contribution in [0.2, 0.25) is 0 Å². The summed E-state index contributed by atoms with van der Waals surface area (Å²) in [6.45, 7) is 3.13. The first-order chi connectivity index (χ1) is 9.69. The third-order valence-corrected chi connectivity index (χ3v) is 3.34. The fraction of sp³-hybridized carbons (Fsp3) is 0.286. The number of benzene rings is 1. The molecule has 0 aliphatic rings. The van der Waals surface area contributed by atoms with Crippen molar-refractivity contribution in [2.45, 2.75) is 13.5 Å². The second kappa shape index (κ2) is 6.91. The first-order valence-electron chi connectivity index (χ1n) is 6.32. The number of aromatic nitrogens is 1. The van der Waals surface area contributed by atoms with Crippen molar-refractivity contribution in [1.82, 2.24) is 9.88 Å². The molecular formula is C14H17N3O2S. The van der Waals surface area contributed by atoms with Gasteiger partial charge in [-0.2, -0.15) is 0 Å². The van der Waals surface area contributed by atoms with Crippen molar-refractivity contribution < 1.29 is 9.53 Å². The van der Waals surface area contributed by atoms with Crippen LogP contribution in [0.3, 0.4) is 0 Å². The monoisotopic (exact) mass is 291 g/mol. The summed E-state index contributed by atoms with van der Waals surface area (Å²) in [5, 5.41) is 5.17. The van der Waals surface area contributed by atoms with Crippen molar-refractivity contribution in [2.75, 3.05) is 19.0 Å². The van der Waals surface area contributed by atoms with Crippen LogP contribution in [0.4, 0.5) is 9.93 Å². The van der Waals surface area contributed by atoms with E-state index in [2.05, 4.69) is 10.3 Å². The molecule has 0 fully saturated rings. The van der Waals surface area contributed by atoms with Crippen molar-refractivity contribution in [1.29, 1.82) is 0 Å². The number of ether oxygens (including phenoxy) is 1. The molecule has 1 heterocycles. The molecule has 20 heavy (non-hydrogen) atoms. The van der Waals surface area contributed by atoms with Crippen LogP contribution >= 0.6 is 11.3 Å². The number of urea groups is 1. The molecule has 0 saturated carbocycles. The maximum absolute atomic E-state index is 11.9. The Morgan fingerprint density at radius 1 is 1.40 bits per heavy atom. The van der Waals surface area contributed by atoms with Gasteiger partial charge in [-0.05, 0) is 24.6 Å². The lowest BCUT2D eigenvalue weighted by molar-refractivity contribution is 0.220. The predicted molar refractivity (Wildman–Crippen MR) is 80.2 cm³/mol. The van der Waals surface area contributed by atoms with Gasteiger partial charge in [0.25, 0.3) is 0 Å². The van der Waals surface area contributed by atoms with E-state index in [9.17, 15) is 4.79 Å². The van der Waals surface area contributed by atoms with Crippen molar-refractivity contribution in [2.24, 2.45) is 0 Å². The van der Waals surface area contributed by atoms with Gasteiger partial charge >= 0.3 is 6.03 Å². The number of thiazole rings is 1. The van der Waals surface area contributed by atoms with E-state index in [-0.39, 0.29) is 6.03 Å². The van der Waals surface area contributed by atoms with Gasteiger partial charge in [0.2, 0.25) is 0 Å². The number of carbonyl (C=O) groups excluding carboxylic acids is 1. The number of nitrogens with zero attached hydrogens (tertiary/aromatic N) is 2. The lowest BCUT2D eigenvalue weighted by Crippen LogP contribution is -2.30. The molecule has 0 unspecified atom stereocenters. The van der Waals surface area contributed by atoms with E-state index in [1.807, 2.05) is 36.6 Å². The Morgan fingerprint density at radius 2 is 2.15 bits per heavy atom. The minimum absolute atomic E-state index is 0.172. The molecule has 1 aromatic carbocycles. The van der Waals surface area contributed by atoms with Gasteiger partial charge in [0, 0.05) is 25.2 Å². The molecule has 2 rings (SSSR count). The standard InChI is InChI=1S/C14H17N3O2S/c1-3-19-12-6-4-11(5-7-12)10-17(2)14(18)16-13-15-8-9-20-13/h4-9H,3,10H2,1-2H3,(H,15,16,18). The number of rotatable bonds is 5. The van der Waals surface area contributed by atoms with Gasteiger partial charge in [0.05, 0.1) is 6.61 Å². The normalized spacial score (nSPS) is 10.1. The van der Waals surface area contributed by atoms with Crippen LogP contribution in [-0.4, -0.2) is 29.6 Å². The summed E-state index contributed by atoms with van der Waals surface area (Å²) in [4.78, 5) is 17.6. The smallest absolute Gasteiger partial charge is 0.323 e. The number of hydrogen-bond donors (Lipinski definition) is 1. The minimum Gasteiger partial charge on any atom is -0.494 e. The van der Waals surface area contributed by atoms with E-state index >= 15 is 0 Å².